The monoisotopic (exact) mass is 462 g/mol. The second kappa shape index (κ2) is 7.45. The predicted octanol–water partition coefficient (Wildman–Crippen LogP) is 4.01. The van der Waals surface area contributed by atoms with E-state index < -0.39 is 0 Å². The normalized spacial score (nSPS) is 30.8. The van der Waals surface area contributed by atoms with Crippen molar-refractivity contribution < 1.29 is 19.1 Å². The highest BCUT2D eigenvalue weighted by Gasteiger charge is 2.67. The Balaban J connectivity index is 1.33. The molecule has 6 nitrogen and oxygen atoms in total. The van der Waals surface area contributed by atoms with Crippen molar-refractivity contribution in [3.63, 3.8) is 0 Å². The maximum Gasteiger partial charge on any atom is 0.259 e. The molecule has 2 aromatic rings. The highest BCUT2D eigenvalue weighted by molar-refractivity contribution is 6.30. The summed E-state index contributed by atoms with van der Waals surface area (Å²) in [6.45, 7) is -0.118. The van der Waals surface area contributed by atoms with Crippen LogP contribution in [0.1, 0.15) is 16.8 Å². The molecular formula is C26H23ClN2O4. The molecule has 1 heterocycles. The Labute approximate surface area is 196 Å². The molecular weight excluding hydrogens is 440 g/mol. The van der Waals surface area contributed by atoms with Crippen LogP contribution in [0.15, 0.2) is 60.7 Å². The lowest BCUT2D eigenvalue weighted by Crippen LogP contribution is -2.45. The summed E-state index contributed by atoms with van der Waals surface area (Å²) in [5.74, 6) is 0.807. The van der Waals surface area contributed by atoms with E-state index in [1.54, 1.807) is 55.6 Å². The van der Waals surface area contributed by atoms with Gasteiger partial charge in [-0.05, 0) is 78.6 Å². The Morgan fingerprint density at radius 3 is 2.09 bits per heavy atom. The van der Waals surface area contributed by atoms with Crippen molar-refractivity contribution >= 4 is 35.0 Å². The number of allylic oxidation sites excluding steroid dienone is 2. The lowest BCUT2D eigenvalue weighted by atomic mass is 9.63. The fourth-order valence-corrected chi connectivity index (χ4v) is 6.20. The van der Waals surface area contributed by atoms with E-state index >= 15 is 0 Å². The average molecular weight is 463 g/mol. The van der Waals surface area contributed by atoms with Crippen LogP contribution in [0.3, 0.4) is 0 Å². The van der Waals surface area contributed by atoms with Crippen LogP contribution < -0.4 is 9.64 Å². The van der Waals surface area contributed by atoms with Crippen molar-refractivity contribution in [2.45, 2.75) is 6.42 Å². The first kappa shape index (κ1) is 20.5. The van der Waals surface area contributed by atoms with Gasteiger partial charge in [-0.2, -0.15) is 0 Å². The Kier molecular flexibility index (Phi) is 4.63. The van der Waals surface area contributed by atoms with Crippen LogP contribution in [0.25, 0.3) is 0 Å². The van der Waals surface area contributed by atoms with Gasteiger partial charge in [0.1, 0.15) is 12.4 Å². The summed E-state index contributed by atoms with van der Waals surface area (Å²) in [5.41, 5.74) is 1.00. The first-order valence-corrected chi connectivity index (χ1v) is 11.6. The molecule has 7 heteroatoms. The summed E-state index contributed by atoms with van der Waals surface area (Å²) >= 11 is 6.00. The molecule has 0 aromatic heterocycles. The SMILES string of the molecule is COc1ccc(N(CN2C(=O)[C@H]3[C@@H]4C=C[C@H]([C@@H]5C[C@H]45)[C@@H]3C2=O)C(=O)c2ccc(Cl)cc2)cc1. The smallest absolute Gasteiger partial charge is 0.259 e. The minimum atomic E-state index is -0.309. The van der Waals surface area contributed by atoms with Gasteiger partial charge in [0, 0.05) is 16.3 Å². The largest absolute Gasteiger partial charge is 0.497 e. The van der Waals surface area contributed by atoms with Gasteiger partial charge in [-0.15, -0.1) is 0 Å². The van der Waals surface area contributed by atoms with E-state index in [0.29, 0.717) is 33.9 Å². The van der Waals surface area contributed by atoms with Gasteiger partial charge in [-0.25, -0.2) is 0 Å². The molecule has 2 bridgehead atoms. The summed E-state index contributed by atoms with van der Waals surface area (Å²) in [6, 6.07) is 13.6. The second-order valence-electron chi connectivity index (χ2n) is 9.34. The van der Waals surface area contributed by atoms with Crippen LogP contribution >= 0.6 is 11.6 Å². The van der Waals surface area contributed by atoms with E-state index in [1.165, 1.54) is 9.80 Å². The van der Waals surface area contributed by atoms with Crippen molar-refractivity contribution in [3.8, 4) is 5.75 Å². The number of carbonyl (C=O) groups is 3. The Morgan fingerprint density at radius 2 is 1.55 bits per heavy atom. The molecule has 2 saturated carbocycles. The molecule has 0 spiro atoms. The van der Waals surface area contributed by atoms with Gasteiger partial charge in [0.15, 0.2) is 0 Å². The van der Waals surface area contributed by atoms with Crippen LogP contribution in [0, 0.1) is 35.5 Å². The minimum Gasteiger partial charge on any atom is -0.497 e. The first-order valence-electron chi connectivity index (χ1n) is 11.2. The zero-order valence-electron chi connectivity index (χ0n) is 18.1. The van der Waals surface area contributed by atoms with Crippen molar-refractivity contribution in [3.05, 3.63) is 71.3 Å². The third-order valence-corrected chi connectivity index (χ3v) is 8.01. The standard InChI is InChI=1S/C26H23ClN2O4/c1-33-17-8-6-16(7-9-17)28(24(30)14-2-4-15(27)5-3-14)13-29-25(31)22-18-10-11-19(21-12-20(18)21)23(22)26(29)32/h2-11,18-23H,12-13H2,1H3/t18-,19-,20-,21+,22+,23+/m1/s1. The van der Waals surface area contributed by atoms with E-state index in [0.717, 1.165) is 6.42 Å². The molecule has 3 fully saturated rings. The van der Waals surface area contributed by atoms with Gasteiger partial charge in [-0.1, -0.05) is 23.8 Å². The second-order valence-corrected chi connectivity index (χ2v) is 9.78. The van der Waals surface area contributed by atoms with E-state index in [-0.39, 0.29) is 48.1 Å². The molecule has 4 aliphatic carbocycles. The number of carbonyl (C=O) groups excluding carboxylic acids is 3. The summed E-state index contributed by atoms with van der Waals surface area (Å²) in [7, 11) is 1.57. The summed E-state index contributed by atoms with van der Waals surface area (Å²) in [5, 5.41) is 0.526. The van der Waals surface area contributed by atoms with Crippen molar-refractivity contribution in [1.29, 1.82) is 0 Å². The van der Waals surface area contributed by atoms with Gasteiger partial charge in [0.25, 0.3) is 5.91 Å². The number of halogens is 1. The number of hydrogen-bond donors (Lipinski definition) is 0. The predicted molar refractivity (Wildman–Crippen MR) is 123 cm³/mol. The highest BCUT2D eigenvalue weighted by atomic mass is 35.5. The number of rotatable bonds is 5. The summed E-state index contributed by atoms with van der Waals surface area (Å²) in [6.07, 6.45) is 5.41. The van der Waals surface area contributed by atoms with E-state index in [2.05, 4.69) is 12.2 Å². The molecule has 33 heavy (non-hydrogen) atoms. The molecule has 5 aliphatic rings. The third-order valence-electron chi connectivity index (χ3n) is 7.76. The molecule has 3 amide bonds. The number of ether oxygens (including phenoxy) is 1. The Bertz CT molecular complexity index is 1140. The lowest BCUT2D eigenvalue weighted by Gasteiger charge is -2.37. The Morgan fingerprint density at radius 1 is 0.970 bits per heavy atom. The molecule has 0 N–H and O–H groups in total. The van der Waals surface area contributed by atoms with Crippen LogP contribution in [0.5, 0.6) is 5.75 Å². The van der Waals surface area contributed by atoms with Gasteiger partial charge in [0.2, 0.25) is 11.8 Å². The number of nitrogens with zero attached hydrogens (tertiary/aromatic N) is 2. The number of amides is 3. The zero-order chi connectivity index (χ0) is 22.9. The zero-order valence-corrected chi connectivity index (χ0v) is 18.8. The maximum absolute atomic E-state index is 13.5. The van der Waals surface area contributed by atoms with E-state index in [4.69, 9.17) is 16.3 Å². The number of benzene rings is 2. The molecule has 2 aromatic carbocycles. The number of methoxy groups -OCH3 is 1. The topological polar surface area (TPSA) is 66.9 Å². The van der Waals surface area contributed by atoms with Gasteiger partial charge in [-0.3, -0.25) is 24.2 Å². The van der Waals surface area contributed by atoms with Crippen LogP contribution in [0.2, 0.25) is 5.02 Å². The van der Waals surface area contributed by atoms with Crippen molar-refractivity contribution in [2.24, 2.45) is 35.5 Å². The van der Waals surface area contributed by atoms with E-state index in [1.807, 2.05) is 0 Å². The number of anilines is 1. The molecule has 6 atom stereocenters. The van der Waals surface area contributed by atoms with E-state index in [9.17, 15) is 14.4 Å². The molecule has 168 valence electrons. The van der Waals surface area contributed by atoms with Crippen LogP contribution in [-0.4, -0.2) is 36.4 Å². The molecule has 1 aliphatic heterocycles. The molecule has 7 rings (SSSR count). The third kappa shape index (κ3) is 3.11. The lowest BCUT2D eigenvalue weighted by molar-refractivity contribution is -0.140. The fourth-order valence-electron chi connectivity index (χ4n) is 6.07. The number of hydrogen-bond acceptors (Lipinski definition) is 4. The van der Waals surface area contributed by atoms with Gasteiger partial charge >= 0.3 is 0 Å². The molecule has 0 radical (unpaired) electrons. The van der Waals surface area contributed by atoms with Crippen LogP contribution in [0.4, 0.5) is 5.69 Å². The summed E-state index contributed by atoms with van der Waals surface area (Å²) < 4.78 is 5.24. The van der Waals surface area contributed by atoms with Crippen LogP contribution in [-0.2, 0) is 9.59 Å². The minimum absolute atomic E-state index is 0.118. The first-order chi connectivity index (χ1) is 16.0. The number of imide groups is 1. The number of likely N-dealkylation sites (tertiary alicyclic amines) is 1. The highest BCUT2D eigenvalue weighted by Crippen LogP contribution is 2.65. The van der Waals surface area contributed by atoms with Gasteiger partial charge < -0.3 is 4.74 Å². The molecule has 0 unspecified atom stereocenters. The summed E-state index contributed by atoms with van der Waals surface area (Å²) in [4.78, 5) is 43.2. The quantitative estimate of drug-likeness (QED) is 0.497. The Hall–Kier alpha value is -3.12. The fraction of sp³-hybridized carbons (Fsp3) is 0.346. The van der Waals surface area contributed by atoms with Crippen molar-refractivity contribution in [2.75, 3.05) is 18.7 Å². The average Bonchev–Trinajstić information content (AvgIpc) is 3.63. The van der Waals surface area contributed by atoms with Gasteiger partial charge in [0.05, 0.1) is 18.9 Å². The molecule has 1 saturated heterocycles. The maximum atomic E-state index is 13.5. The van der Waals surface area contributed by atoms with Crippen molar-refractivity contribution in [1.82, 2.24) is 4.90 Å².